The molecule has 0 atom stereocenters. The molecule has 100 valence electrons. The summed E-state index contributed by atoms with van der Waals surface area (Å²) in [5, 5.41) is 3.88. The molecule has 0 saturated heterocycles. The first-order chi connectivity index (χ1) is 9.63. The number of aromatic nitrogens is 3. The Balaban J connectivity index is 2.01. The van der Waals surface area contributed by atoms with Gasteiger partial charge < -0.3 is 10.3 Å². The van der Waals surface area contributed by atoms with E-state index < -0.39 is 0 Å². The van der Waals surface area contributed by atoms with Crippen molar-refractivity contribution >= 4 is 5.82 Å². The molecule has 6 heteroatoms. The minimum absolute atomic E-state index is 0.316. The van der Waals surface area contributed by atoms with E-state index in [4.69, 9.17) is 10.3 Å². The van der Waals surface area contributed by atoms with Crippen LogP contribution < -0.4 is 5.73 Å². The fourth-order valence-electron chi connectivity index (χ4n) is 1.82. The van der Waals surface area contributed by atoms with Crippen LogP contribution in [0.5, 0.6) is 0 Å². The van der Waals surface area contributed by atoms with Crippen molar-refractivity contribution in [3.05, 3.63) is 47.9 Å². The van der Waals surface area contributed by atoms with Crippen LogP contribution in [0.25, 0.3) is 22.8 Å². The van der Waals surface area contributed by atoms with Crippen LogP contribution in [0.15, 0.2) is 41.1 Å². The SMILES string of the molecule is Cc1ccc(F)cc1-c1noc(-c2ccc(N)nc2)n1. The van der Waals surface area contributed by atoms with Gasteiger partial charge in [-0.05, 0) is 36.8 Å². The minimum Gasteiger partial charge on any atom is -0.384 e. The lowest BCUT2D eigenvalue weighted by atomic mass is 10.1. The molecule has 2 N–H and O–H groups in total. The summed E-state index contributed by atoms with van der Waals surface area (Å²) in [7, 11) is 0. The zero-order chi connectivity index (χ0) is 14.1. The van der Waals surface area contributed by atoms with Gasteiger partial charge in [-0.1, -0.05) is 11.2 Å². The highest BCUT2D eigenvalue weighted by molar-refractivity contribution is 5.62. The number of nitrogen functional groups attached to an aromatic ring is 1. The predicted octanol–water partition coefficient (Wildman–Crippen LogP) is 2.83. The van der Waals surface area contributed by atoms with Gasteiger partial charge >= 0.3 is 0 Å². The number of nitrogens with zero attached hydrogens (tertiary/aromatic N) is 3. The molecule has 2 heterocycles. The molecule has 0 aliphatic rings. The molecule has 2 aromatic heterocycles. The van der Waals surface area contributed by atoms with Gasteiger partial charge in [0.2, 0.25) is 5.82 Å². The third kappa shape index (κ3) is 2.23. The number of hydrogen-bond donors (Lipinski definition) is 1. The summed E-state index contributed by atoms with van der Waals surface area (Å²) >= 11 is 0. The zero-order valence-corrected chi connectivity index (χ0v) is 10.7. The van der Waals surface area contributed by atoms with Crippen LogP contribution in [-0.2, 0) is 0 Å². The normalized spacial score (nSPS) is 10.7. The Bertz CT molecular complexity index is 752. The summed E-state index contributed by atoms with van der Waals surface area (Å²) in [6.45, 7) is 1.86. The quantitative estimate of drug-likeness (QED) is 0.774. The maximum Gasteiger partial charge on any atom is 0.259 e. The summed E-state index contributed by atoms with van der Waals surface area (Å²) in [5.41, 5.74) is 7.65. The molecule has 0 bridgehead atoms. The van der Waals surface area contributed by atoms with Crippen molar-refractivity contribution < 1.29 is 8.91 Å². The van der Waals surface area contributed by atoms with Crippen molar-refractivity contribution in [3.63, 3.8) is 0 Å². The Morgan fingerprint density at radius 1 is 1.20 bits per heavy atom. The molecule has 1 aromatic carbocycles. The number of hydrogen-bond acceptors (Lipinski definition) is 5. The monoisotopic (exact) mass is 270 g/mol. The zero-order valence-electron chi connectivity index (χ0n) is 10.7. The highest BCUT2D eigenvalue weighted by atomic mass is 19.1. The topological polar surface area (TPSA) is 77.8 Å². The lowest BCUT2D eigenvalue weighted by Crippen LogP contribution is -1.89. The fraction of sp³-hybridized carbons (Fsp3) is 0.0714. The summed E-state index contributed by atoms with van der Waals surface area (Å²) in [4.78, 5) is 8.22. The molecular weight excluding hydrogens is 259 g/mol. The van der Waals surface area contributed by atoms with Gasteiger partial charge in [0.1, 0.15) is 11.6 Å². The number of nitrogens with two attached hydrogens (primary N) is 1. The average Bonchev–Trinajstić information content (AvgIpc) is 2.92. The number of aryl methyl sites for hydroxylation is 1. The van der Waals surface area contributed by atoms with Gasteiger partial charge in [0.25, 0.3) is 5.89 Å². The molecule has 3 rings (SSSR count). The minimum atomic E-state index is -0.342. The van der Waals surface area contributed by atoms with Crippen LogP contribution >= 0.6 is 0 Å². The second-order valence-electron chi connectivity index (χ2n) is 4.35. The molecule has 5 nitrogen and oxygen atoms in total. The summed E-state index contributed by atoms with van der Waals surface area (Å²) < 4.78 is 18.5. The van der Waals surface area contributed by atoms with E-state index in [2.05, 4.69) is 15.1 Å². The van der Waals surface area contributed by atoms with Gasteiger partial charge in [-0.2, -0.15) is 4.98 Å². The number of anilines is 1. The van der Waals surface area contributed by atoms with Crippen LogP contribution in [0.2, 0.25) is 0 Å². The number of benzene rings is 1. The Hall–Kier alpha value is -2.76. The van der Waals surface area contributed by atoms with Crippen LogP contribution in [0.4, 0.5) is 10.2 Å². The standard InChI is InChI=1S/C14H11FN4O/c1-8-2-4-10(15)6-11(8)13-18-14(20-19-13)9-3-5-12(16)17-7-9/h2-7H,1H3,(H2,16,17). The third-order valence-electron chi connectivity index (χ3n) is 2.90. The molecule has 0 saturated carbocycles. The van der Waals surface area contributed by atoms with E-state index in [1.165, 1.54) is 12.1 Å². The second-order valence-corrected chi connectivity index (χ2v) is 4.35. The fourth-order valence-corrected chi connectivity index (χ4v) is 1.82. The highest BCUT2D eigenvalue weighted by Gasteiger charge is 2.13. The largest absolute Gasteiger partial charge is 0.384 e. The maximum atomic E-state index is 13.3. The van der Waals surface area contributed by atoms with Crippen LogP contribution in [0.1, 0.15) is 5.56 Å². The van der Waals surface area contributed by atoms with Crippen LogP contribution in [-0.4, -0.2) is 15.1 Å². The van der Waals surface area contributed by atoms with E-state index in [1.54, 1.807) is 24.4 Å². The van der Waals surface area contributed by atoms with E-state index in [0.29, 0.717) is 28.7 Å². The van der Waals surface area contributed by atoms with Crippen LogP contribution in [0.3, 0.4) is 0 Å². The highest BCUT2D eigenvalue weighted by Crippen LogP contribution is 2.25. The van der Waals surface area contributed by atoms with Gasteiger partial charge in [0.05, 0.1) is 5.56 Å². The Morgan fingerprint density at radius 2 is 2.05 bits per heavy atom. The number of rotatable bonds is 2. The van der Waals surface area contributed by atoms with Gasteiger partial charge in [0, 0.05) is 11.8 Å². The molecule has 0 spiro atoms. The van der Waals surface area contributed by atoms with Crippen molar-refractivity contribution in [2.75, 3.05) is 5.73 Å². The van der Waals surface area contributed by atoms with E-state index in [9.17, 15) is 4.39 Å². The molecular formula is C14H11FN4O. The first kappa shape index (κ1) is 12.3. The van der Waals surface area contributed by atoms with E-state index >= 15 is 0 Å². The molecule has 0 fully saturated rings. The van der Waals surface area contributed by atoms with Gasteiger partial charge in [0.15, 0.2) is 0 Å². The summed E-state index contributed by atoms with van der Waals surface area (Å²) in [6.07, 6.45) is 1.55. The Morgan fingerprint density at radius 3 is 2.80 bits per heavy atom. The van der Waals surface area contributed by atoms with Crippen LogP contribution in [0, 0.1) is 12.7 Å². The smallest absolute Gasteiger partial charge is 0.259 e. The molecule has 0 aliphatic carbocycles. The molecule has 0 amide bonds. The van der Waals surface area contributed by atoms with Crippen molar-refractivity contribution in [2.45, 2.75) is 6.92 Å². The number of halogens is 1. The molecule has 0 aliphatic heterocycles. The Kier molecular flexibility index (Phi) is 2.90. The summed E-state index contributed by atoms with van der Waals surface area (Å²) in [5.74, 6) is 0.727. The number of pyridine rings is 1. The third-order valence-corrected chi connectivity index (χ3v) is 2.90. The van der Waals surface area contributed by atoms with Crippen molar-refractivity contribution in [1.29, 1.82) is 0 Å². The summed E-state index contributed by atoms with van der Waals surface area (Å²) in [6, 6.07) is 7.82. The van der Waals surface area contributed by atoms with E-state index in [0.717, 1.165) is 5.56 Å². The second kappa shape index (κ2) is 4.73. The van der Waals surface area contributed by atoms with E-state index in [1.807, 2.05) is 6.92 Å². The van der Waals surface area contributed by atoms with Crippen molar-refractivity contribution in [2.24, 2.45) is 0 Å². The lowest BCUT2D eigenvalue weighted by Gasteiger charge is -1.99. The van der Waals surface area contributed by atoms with Crippen molar-refractivity contribution in [1.82, 2.24) is 15.1 Å². The van der Waals surface area contributed by atoms with Gasteiger partial charge in [-0.15, -0.1) is 0 Å². The first-order valence-corrected chi connectivity index (χ1v) is 5.95. The predicted molar refractivity (Wildman–Crippen MR) is 72.1 cm³/mol. The van der Waals surface area contributed by atoms with Crippen molar-refractivity contribution in [3.8, 4) is 22.8 Å². The first-order valence-electron chi connectivity index (χ1n) is 5.95. The Labute approximate surface area is 114 Å². The average molecular weight is 270 g/mol. The maximum absolute atomic E-state index is 13.3. The molecule has 20 heavy (non-hydrogen) atoms. The molecule has 0 unspecified atom stereocenters. The molecule has 3 aromatic rings. The van der Waals surface area contributed by atoms with Gasteiger partial charge in [-0.3, -0.25) is 0 Å². The van der Waals surface area contributed by atoms with E-state index in [-0.39, 0.29) is 5.82 Å². The molecule has 0 radical (unpaired) electrons. The lowest BCUT2D eigenvalue weighted by molar-refractivity contribution is 0.432. The van der Waals surface area contributed by atoms with Gasteiger partial charge in [-0.25, -0.2) is 9.37 Å².